The molecule has 0 bridgehead atoms. The predicted octanol–water partition coefficient (Wildman–Crippen LogP) is 4.08. The van der Waals surface area contributed by atoms with Crippen LogP contribution in [-0.4, -0.2) is 11.3 Å². The molecule has 0 aliphatic heterocycles. The van der Waals surface area contributed by atoms with E-state index in [0.717, 1.165) is 0 Å². The summed E-state index contributed by atoms with van der Waals surface area (Å²) in [5, 5.41) is 10.9. The van der Waals surface area contributed by atoms with Gasteiger partial charge in [0.15, 0.2) is 0 Å². The molecule has 2 aromatic rings. The molecule has 0 saturated heterocycles. The topological polar surface area (TPSA) is 52.4 Å². The van der Waals surface area contributed by atoms with Gasteiger partial charge < -0.3 is 4.74 Å². The molecule has 0 radical (unpaired) electrons. The average molecular weight is 297 g/mol. The van der Waals surface area contributed by atoms with Crippen LogP contribution in [0.15, 0.2) is 48.5 Å². The number of ether oxygens (including phenoxy) is 1. The predicted molar refractivity (Wildman–Crippen MR) is 69.0 cm³/mol. The summed E-state index contributed by atoms with van der Waals surface area (Å²) in [6, 6.07) is 11.5. The standard InChI is InChI=1S/C14H10F3NO3/c15-14(16,17)21-12-7-5-10(6-8-12)9-11-3-1-2-4-13(11)18(19)20/h1-8H,9H2. The zero-order chi connectivity index (χ0) is 15.5. The second kappa shape index (κ2) is 5.82. The van der Waals surface area contributed by atoms with Crippen LogP contribution < -0.4 is 4.74 Å². The third kappa shape index (κ3) is 4.20. The SMILES string of the molecule is O=[N+]([O-])c1ccccc1Cc1ccc(OC(F)(F)F)cc1. The Morgan fingerprint density at radius 3 is 2.24 bits per heavy atom. The highest BCUT2D eigenvalue weighted by molar-refractivity contribution is 5.43. The summed E-state index contributed by atoms with van der Waals surface area (Å²) in [5.74, 6) is -0.325. The molecule has 7 heteroatoms. The molecule has 0 aliphatic carbocycles. The smallest absolute Gasteiger partial charge is 0.406 e. The molecule has 0 N–H and O–H groups in total. The lowest BCUT2D eigenvalue weighted by molar-refractivity contribution is -0.385. The molecule has 4 nitrogen and oxygen atoms in total. The van der Waals surface area contributed by atoms with Crippen molar-refractivity contribution in [3.05, 3.63) is 69.8 Å². The lowest BCUT2D eigenvalue weighted by Gasteiger charge is -2.09. The van der Waals surface area contributed by atoms with E-state index in [1.165, 1.54) is 30.3 Å². The largest absolute Gasteiger partial charge is 0.573 e. The number of hydrogen-bond acceptors (Lipinski definition) is 3. The Kier molecular flexibility index (Phi) is 4.11. The van der Waals surface area contributed by atoms with E-state index >= 15 is 0 Å². The molecule has 0 aromatic heterocycles. The van der Waals surface area contributed by atoms with Crippen LogP contribution in [0.25, 0.3) is 0 Å². The monoisotopic (exact) mass is 297 g/mol. The fourth-order valence-corrected chi connectivity index (χ4v) is 1.87. The van der Waals surface area contributed by atoms with Crippen molar-refractivity contribution in [3.63, 3.8) is 0 Å². The highest BCUT2D eigenvalue weighted by atomic mass is 19.4. The highest BCUT2D eigenvalue weighted by Crippen LogP contribution is 2.25. The third-order valence-corrected chi connectivity index (χ3v) is 2.74. The van der Waals surface area contributed by atoms with Gasteiger partial charge in [0.05, 0.1) is 4.92 Å². The number of hydrogen-bond donors (Lipinski definition) is 0. The Morgan fingerprint density at radius 2 is 1.67 bits per heavy atom. The molecule has 110 valence electrons. The molecule has 2 rings (SSSR count). The Bertz CT molecular complexity index is 639. The average Bonchev–Trinajstić information content (AvgIpc) is 2.40. The van der Waals surface area contributed by atoms with Gasteiger partial charge in [-0.05, 0) is 17.7 Å². The van der Waals surface area contributed by atoms with Crippen LogP contribution in [0.4, 0.5) is 18.9 Å². The zero-order valence-electron chi connectivity index (χ0n) is 10.6. The van der Waals surface area contributed by atoms with Gasteiger partial charge in [-0.3, -0.25) is 10.1 Å². The summed E-state index contributed by atoms with van der Waals surface area (Å²) in [6.07, 6.45) is -4.48. The van der Waals surface area contributed by atoms with Gasteiger partial charge in [-0.1, -0.05) is 30.3 Å². The minimum Gasteiger partial charge on any atom is -0.406 e. The lowest BCUT2D eigenvalue weighted by atomic mass is 10.0. The number of rotatable bonds is 4. The molecule has 0 unspecified atom stereocenters. The van der Waals surface area contributed by atoms with Gasteiger partial charge in [0.1, 0.15) is 5.75 Å². The van der Waals surface area contributed by atoms with E-state index in [9.17, 15) is 23.3 Å². The number of nitro groups is 1. The summed E-state index contributed by atoms with van der Waals surface area (Å²) in [7, 11) is 0. The van der Waals surface area contributed by atoms with Crippen LogP contribution in [0, 0.1) is 10.1 Å². The number of alkyl halides is 3. The molecule has 21 heavy (non-hydrogen) atoms. The molecule has 0 atom stereocenters. The summed E-state index contributed by atoms with van der Waals surface area (Å²) in [4.78, 5) is 10.4. The Labute approximate surface area is 117 Å². The van der Waals surface area contributed by atoms with Crippen molar-refractivity contribution in [2.24, 2.45) is 0 Å². The normalized spacial score (nSPS) is 11.2. The van der Waals surface area contributed by atoms with Gasteiger partial charge in [0.2, 0.25) is 0 Å². The maximum Gasteiger partial charge on any atom is 0.573 e. The summed E-state index contributed by atoms with van der Waals surface area (Å²) < 4.78 is 39.9. The minimum atomic E-state index is -4.74. The van der Waals surface area contributed by atoms with Gasteiger partial charge in [-0.2, -0.15) is 0 Å². The van der Waals surface area contributed by atoms with E-state index < -0.39 is 11.3 Å². The molecule has 0 saturated carbocycles. The maximum absolute atomic E-state index is 12.0. The van der Waals surface area contributed by atoms with Crippen molar-refractivity contribution < 1.29 is 22.8 Å². The zero-order valence-corrected chi connectivity index (χ0v) is 10.6. The quantitative estimate of drug-likeness (QED) is 0.631. The molecule has 0 amide bonds. The van der Waals surface area contributed by atoms with Crippen LogP contribution >= 0.6 is 0 Å². The van der Waals surface area contributed by atoms with Crippen molar-refractivity contribution in [2.45, 2.75) is 12.8 Å². The molecule has 0 fully saturated rings. The number of benzene rings is 2. The van der Waals surface area contributed by atoms with Crippen LogP contribution in [-0.2, 0) is 6.42 Å². The first-order valence-electron chi connectivity index (χ1n) is 5.92. The second-order valence-electron chi connectivity index (χ2n) is 4.25. The molecule has 2 aromatic carbocycles. The Hall–Kier alpha value is -2.57. The van der Waals surface area contributed by atoms with E-state index in [1.807, 2.05) is 0 Å². The van der Waals surface area contributed by atoms with Crippen LogP contribution in [0.3, 0.4) is 0 Å². The van der Waals surface area contributed by atoms with Crippen LogP contribution in [0.1, 0.15) is 11.1 Å². The highest BCUT2D eigenvalue weighted by Gasteiger charge is 2.30. The minimum absolute atomic E-state index is 0.0203. The number of halogens is 3. The van der Waals surface area contributed by atoms with Gasteiger partial charge in [0.25, 0.3) is 5.69 Å². The van der Waals surface area contributed by atoms with Gasteiger partial charge >= 0.3 is 6.36 Å². The molecular weight excluding hydrogens is 287 g/mol. The van der Waals surface area contributed by atoms with E-state index in [1.54, 1.807) is 18.2 Å². The molecule has 0 spiro atoms. The van der Waals surface area contributed by atoms with Crippen LogP contribution in [0.5, 0.6) is 5.75 Å². The maximum atomic E-state index is 12.0. The molecule has 0 heterocycles. The fraction of sp³-hybridized carbons (Fsp3) is 0.143. The Balaban J connectivity index is 2.16. The summed E-state index contributed by atoms with van der Waals surface area (Å²) >= 11 is 0. The Morgan fingerprint density at radius 1 is 1.05 bits per heavy atom. The lowest BCUT2D eigenvalue weighted by Crippen LogP contribution is -2.17. The van der Waals surface area contributed by atoms with E-state index in [2.05, 4.69) is 4.74 Å². The first kappa shape index (κ1) is 14.8. The van der Waals surface area contributed by atoms with E-state index in [-0.39, 0.29) is 17.9 Å². The van der Waals surface area contributed by atoms with Crippen molar-refractivity contribution in [3.8, 4) is 5.75 Å². The van der Waals surface area contributed by atoms with Crippen LogP contribution in [0.2, 0.25) is 0 Å². The number of nitrogens with zero attached hydrogens (tertiary/aromatic N) is 1. The van der Waals surface area contributed by atoms with Gasteiger partial charge in [-0.25, -0.2) is 0 Å². The summed E-state index contributed by atoms with van der Waals surface area (Å²) in [5.41, 5.74) is 1.12. The van der Waals surface area contributed by atoms with Gasteiger partial charge in [-0.15, -0.1) is 13.2 Å². The third-order valence-electron chi connectivity index (χ3n) is 2.74. The van der Waals surface area contributed by atoms with Crippen molar-refractivity contribution in [1.29, 1.82) is 0 Å². The molecule has 0 aliphatic rings. The summed E-state index contributed by atoms with van der Waals surface area (Å²) in [6.45, 7) is 0. The molecular formula is C14H10F3NO3. The van der Waals surface area contributed by atoms with Crippen molar-refractivity contribution in [2.75, 3.05) is 0 Å². The van der Waals surface area contributed by atoms with Crippen molar-refractivity contribution >= 4 is 5.69 Å². The first-order chi connectivity index (χ1) is 9.85. The van der Waals surface area contributed by atoms with E-state index in [4.69, 9.17) is 0 Å². The van der Waals surface area contributed by atoms with Crippen molar-refractivity contribution in [1.82, 2.24) is 0 Å². The number of nitro benzene ring substituents is 1. The second-order valence-corrected chi connectivity index (χ2v) is 4.25. The van der Waals surface area contributed by atoms with Gasteiger partial charge in [0, 0.05) is 18.1 Å². The first-order valence-corrected chi connectivity index (χ1v) is 5.92. The number of para-hydroxylation sites is 1. The van der Waals surface area contributed by atoms with E-state index in [0.29, 0.717) is 11.1 Å². The fourth-order valence-electron chi connectivity index (χ4n) is 1.87.